The maximum atomic E-state index is 10.3. The number of aliphatic hydroxyl groups excluding tert-OH is 2. The summed E-state index contributed by atoms with van der Waals surface area (Å²) in [6, 6.07) is 13.3. The third-order valence-electron chi connectivity index (χ3n) is 7.85. The van der Waals surface area contributed by atoms with Gasteiger partial charge in [0.2, 0.25) is 0 Å². The van der Waals surface area contributed by atoms with Gasteiger partial charge in [0.25, 0.3) is 0 Å². The van der Waals surface area contributed by atoms with Gasteiger partial charge in [-0.1, -0.05) is 64.1 Å². The molecule has 2 aliphatic rings. The monoisotopic (exact) mass is 434 g/mol. The van der Waals surface area contributed by atoms with Crippen molar-refractivity contribution in [1.29, 1.82) is 0 Å². The number of hydrogen-bond donors (Lipinski definition) is 2. The second-order valence-electron chi connectivity index (χ2n) is 11.1. The standard InChI is InChI=1S/C29H38O3/c1-19-16-24-25(28(5,6)14-13-27(24,3)4)17-23(19)29(18-32-29)22-11-9-21(10-12-22)20(2)26(31)8-7-15-30/h9-12,16-17,30-31H,7-8,13-15,18H2,1-6H3/b26-20-. The fourth-order valence-electron chi connectivity index (χ4n) is 5.30. The van der Waals surface area contributed by atoms with Crippen LogP contribution in [0.25, 0.3) is 5.57 Å². The molecular weight excluding hydrogens is 396 g/mol. The molecule has 0 spiro atoms. The molecule has 2 aromatic rings. The fraction of sp³-hybridized carbons (Fsp3) is 0.517. The lowest BCUT2D eigenvalue weighted by molar-refractivity contribution is 0.276. The van der Waals surface area contributed by atoms with Crippen LogP contribution in [0, 0.1) is 6.92 Å². The summed E-state index contributed by atoms with van der Waals surface area (Å²) in [6.45, 7) is 14.4. The van der Waals surface area contributed by atoms with Crippen molar-refractivity contribution in [3.05, 3.63) is 75.5 Å². The molecule has 3 heteroatoms. The molecule has 4 rings (SSSR count). The highest BCUT2D eigenvalue weighted by Gasteiger charge is 2.50. The first-order chi connectivity index (χ1) is 15.0. The Labute approximate surface area is 193 Å². The molecule has 32 heavy (non-hydrogen) atoms. The maximum absolute atomic E-state index is 10.3. The third-order valence-corrected chi connectivity index (χ3v) is 7.85. The highest BCUT2D eigenvalue weighted by molar-refractivity contribution is 5.66. The minimum atomic E-state index is -0.369. The molecule has 0 aromatic heterocycles. The largest absolute Gasteiger partial charge is 0.512 e. The molecule has 1 saturated heterocycles. The smallest absolute Gasteiger partial charge is 0.142 e. The van der Waals surface area contributed by atoms with Gasteiger partial charge in [-0.15, -0.1) is 0 Å². The van der Waals surface area contributed by atoms with Crippen molar-refractivity contribution in [2.45, 2.75) is 83.7 Å². The minimum absolute atomic E-state index is 0.0876. The number of ether oxygens (including phenoxy) is 1. The predicted octanol–water partition coefficient (Wildman–Crippen LogP) is 6.68. The van der Waals surface area contributed by atoms with Crippen LogP contribution < -0.4 is 0 Å². The van der Waals surface area contributed by atoms with Gasteiger partial charge >= 0.3 is 0 Å². The molecule has 172 valence electrons. The molecule has 3 nitrogen and oxygen atoms in total. The minimum Gasteiger partial charge on any atom is -0.512 e. The molecule has 0 saturated carbocycles. The molecular formula is C29H38O3. The SMILES string of the molecule is C/C(=C(/O)CCCO)c1ccc(C2(c3cc4c(cc3C)C(C)(C)CCC4(C)C)CO2)cc1. The van der Waals surface area contributed by atoms with Gasteiger partial charge in [-0.3, -0.25) is 0 Å². The molecule has 1 unspecified atom stereocenters. The second kappa shape index (κ2) is 8.04. The zero-order chi connectivity index (χ0) is 23.3. The van der Waals surface area contributed by atoms with Crippen molar-refractivity contribution in [3.63, 3.8) is 0 Å². The Bertz CT molecular complexity index is 1040. The Morgan fingerprint density at radius 2 is 1.50 bits per heavy atom. The Hall–Kier alpha value is -2.10. The van der Waals surface area contributed by atoms with Crippen molar-refractivity contribution in [2.75, 3.05) is 13.2 Å². The average Bonchev–Trinajstić information content (AvgIpc) is 3.56. The zero-order valence-electron chi connectivity index (χ0n) is 20.5. The van der Waals surface area contributed by atoms with Crippen LogP contribution in [0.1, 0.15) is 93.7 Å². The van der Waals surface area contributed by atoms with Crippen molar-refractivity contribution >= 4 is 5.57 Å². The van der Waals surface area contributed by atoms with Gasteiger partial charge in [0.05, 0.1) is 12.4 Å². The first-order valence-corrected chi connectivity index (χ1v) is 11.9. The molecule has 0 amide bonds. The van der Waals surface area contributed by atoms with Crippen LogP contribution in [-0.2, 0) is 21.2 Å². The van der Waals surface area contributed by atoms with E-state index in [0.717, 1.165) is 11.1 Å². The molecule has 1 fully saturated rings. The summed E-state index contributed by atoms with van der Waals surface area (Å²) in [4.78, 5) is 0. The Morgan fingerprint density at radius 3 is 2.03 bits per heavy atom. The van der Waals surface area contributed by atoms with Crippen molar-refractivity contribution in [2.24, 2.45) is 0 Å². The number of aliphatic hydroxyl groups is 2. The molecule has 1 aliphatic heterocycles. The van der Waals surface area contributed by atoms with Crippen LogP contribution in [0.5, 0.6) is 0 Å². The summed E-state index contributed by atoms with van der Waals surface area (Å²) in [5, 5.41) is 19.3. The lowest BCUT2D eigenvalue weighted by Gasteiger charge is -2.42. The highest BCUT2D eigenvalue weighted by Crippen LogP contribution is 2.51. The van der Waals surface area contributed by atoms with Crippen LogP contribution in [-0.4, -0.2) is 23.4 Å². The Balaban J connectivity index is 1.71. The zero-order valence-corrected chi connectivity index (χ0v) is 20.5. The lowest BCUT2D eigenvalue weighted by Crippen LogP contribution is -2.34. The number of epoxide rings is 1. The average molecular weight is 435 g/mol. The van der Waals surface area contributed by atoms with Crippen molar-refractivity contribution < 1.29 is 14.9 Å². The highest BCUT2D eigenvalue weighted by atomic mass is 16.6. The van der Waals surface area contributed by atoms with Crippen molar-refractivity contribution in [3.8, 4) is 0 Å². The van der Waals surface area contributed by atoms with Crippen LogP contribution >= 0.6 is 0 Å². The number of hydrogen-bond acceptors (Lipinski definition) is 3. The van der Waals surface area contributed by atoms with E-state index < -0.39 is 0 Å². The van der Waals surface area contributed by atoms with Crippen LogP contribution in [0.2, 0.25) is 0 Å². The fourth-order valence-corrected chi connectivity index (χ4v) is 5.30. The summed E-state index contributed by atoms with van der Waals surface area (Å²) in [6.07, 6.45) is 3.48. The number of allylic oxidation sites excluding steroid dienone is 2. The van der Waals surface area contributed by atoms with Gasteiger partial charge < -0.3 is 14.9 Å². The van der Waals surface area contributed by atoms with E-state index in [9.17, 15) is 5.11 Å². The van der Waals surface area contributed by atoms with E-state index in [1.165, 1.54) is 40.7 Å². The number of benzene rings is 2. The van der Waals surface area contributed by atoms with Gasteiger partial charge in [-0.05, 0) is 82.9 Å². The molecule has 1 aliphatic carbocycles. The normalized spacial score (nSPS) is 24.0. The summed E-state index contributed by atoms with van der Waals surface area (Å²) < 4.78 is 6.17. The van der Waals surface area contributed by atoms with E-state index in [-0.39, 0.29) is 23.0 Å². The summed E-state index contributed by atoms with van der Waals surface area (Å²) in [5.74, 6) is 0.347. The van der Waals surface area contributed by atoms with E-state index in [1.54, 1.807) is 0 Å². The molecule has 2 aromatic carbocycles. The number of fused-ring (bicyclic) bond motifs is 1. The van der Waals surface area contributed by atoms with Crippen LogP contribution in [0.4, 0.5) is 0 Å². The molecule has 1 heterocycles. The maximum Gasteiger partial charge on any atom is 0.142 e. The third kappa shape index (κ3) is 3.91. The molecule has 0 bridgehead atoms. The van der Waals surface area contributed by atoms with Gasteiger partial charge in [-0.25, -0.2) is 0 Å². The number of aryl methyl sites for hydroxylation is 1. The van der Waals surface area contributed by atoms with E-state index in [1.807, 2.05) is 6.92 Å². The molecule has 1 atom stereocenters. The van der Waals surface area contributed by atoms with Gasteiger partial charge in [0.1, 0.15) is 5.60 Å². The number of rotatable bonds is 6. The summed E-state index contributed by atoms with van der Waals surface area (Å²) in [7, 11) is 0. The van der Waals surface area contributed by atoms with E-state index >= 15 is 0 Å². The quantitative estimate of drug-likeness (QED) is 0.394. The van der Waals surface area contributed by atoms with Crippen LogP contribution in [0.15, 0.2) is 42.2 Å². The van der Waals surface area contributed by atoms with E-state index in [4.69, 9.17) is 9.84 Å². The molecule has 2 N–H and O–H groups in total. The Kier molecular flexibility index (Phi) is 5.80. The summed E-state index contributed by atoms with van der Waals surface area (Å²) >= 11 is 0. The lowest BCUT2D eigenvalue weighted by atomic mass is 9.62. The van der Waals surface area contributed by atoms with Gasteiger partial charge in [-0.2, -0.15) is 0 Å². The van der Waals surface area contributed by atoms with Gasteiger partial charge in [0.15, 0.2) is 0 Å². The predicted molar refractivity (Wildman–Crippen MR) is 131 cm³/mol. The Morgan fingerprint density at radius 1 is 0.938 bits per heavy atom. The topological polar surface area (TPSA) is 53.0 Å². The van der Waals surface area contributed by atoms with Crippen LogP contribution in [0.3, 0.4) is 0 Å². The first-order valence-electron chi connectivity index (χ1n) is 11.9. The molecule has 0 radical (unpaired) electrons. The summed E-state index contributed by atoms with van der Waals surface area (Å²) in [5.41, 5.74) is 8.58. The second-order valence-corrected chi connectivity index (χ2v) is 11.1. The van der Waals surface area contributed by atoms with E-state index in [0.29, 0.717) is 25.2 Å². The van der Waals surface area contributed by atoms with E-state index in [2.05, 4.69) is 71.0 Å². The first kappa shape index (κ1) is 23.1. The van der Waals surface area contributed by atoms with Gasteiger partial charge in [0, 0.05) is 13.0 Å². The van der Waals surface area contributed by atoms with Crippen molar-refractivity contribution in [1.82, 2.24) is 0 Å².